The molecule has 0 radical (unpaired) electrons. The Hall–Kier alpha value is -2.72. The van der Waals surface area contributed by atoms with Gasteiger partial charge >= 0.3 is 5.82 Å². The van der Waals surface area contributed by atoms with Crippen LogP contribution in [-0.2, 0) is 6.54 Å². The second kappa shape index (κ2) is 7.72. The first kappa shape index (κ1) is 18.6. The molecule has 1 N–H and O–H groups in total. The monoisotopic (exact) mass is 405 g/mol. The van der Waals surface area contributed by atoms with E-state index in [1.54, 1.807) is 17.6 Å². The van der Waals surface area contributed by atoms with Gasteiger partial charge in [-0.15, -0.1) is 0 Å². The summed E-state index contributed by atoms with van der Waals surface area (Å²) >= 11 is 1.37. The molecule has 1 fully saturated rings. The predicted octanol–water partition coefficient (Wildman–Crippen LogP) is 3.53. The van der Waals surface area contributed by atoms with Gasteiger partial charge in [0.05, 0.1) is 7.11 Å². The zero-order valence-corrected chi connectivity index (χ0v) is 16.1. The van der Waals surface area contributed by atoms with Crippen LogP contribution in [-0.4, -0.2) is 45.4 Å². The molecule has 10 heteroatoms. The molecule has 0 amide bonds. The zero-order valence-electron chi connectivity index (χ0n) is 15.3. The van der Waals surface area contributed by atoms with Gasteiger partial charge in [0.15, 0.2) is 11.6 Å². The van der Waals surface area contributed by atoms with E-state index in [0.717, 1.165) is 31.5 Å². The number of aromatic nitrogens is 2. The van der Waals surface area contributed by atoms with Crippen LogP contribution in [0.2, 0.25) is 0 Å². The van der Waals surface area contributed by atoms with Gasteiger partial charge < -0.3 is 20.2 Å². The van der Waals surface area contributed by atoms with Crippen molar-refractivity contribution in [2.45, 2.75) is 25.4 Å². The molecule has 1 saturated heterocycles. The quantitative estimate of drug-likeness (QED) is 0.499. The minimum atomic E-state index is -0.400. The minimum absolute atomic E-state index is 0.0209. The van der Waals surface area contributed by atoms with Crippen molar-refractivity contribution in [1.82, 2.24) is 14.3 Å². The van der Waals surface area contributed by atoms with Gasteiger partial charge in [0.1, 0.15) is 6.20 Å². The zero-order chi connectivity index (χ0) is 19.7. The summed E-state index contributed by atoms with van der Waals surface area (Å²) in [5.74, 6) is 0.191. The smallest absolute Gasteiger partial charge is 0.372 e. The molecular formula is C18H20FN5O3S. The Balaban J connectivity index is 1.37. The molecule has 4 rings (SSSR count). The Bertz CT molecular complexity index is 996. The molecule has 3 aromatic rings. The number of nitro groups is 1. The largest absolute Gasteiger partial charge is 0.494 e. The van der Waals surface area contributed by atoms with Crippen LogP contribution < -0.4 is 10.1 Å². The molecule has 3 heterocycles. The topological polar surface area (TPSA) is 84.9 Å². The number of halogens is 1. The van der Waals surface area contributed by atoms with E-state index in [1.807, 2.05) is 6.07 Å². The Morgan fingerprint density at radius 1 is 1.43 bits per heavy atom. The van der Waals surface area contributed by atoms with Gasteiger partial charge in [-0.2, -0.15) is 9.38 Å². The lowest BCUT2D eigenvalue weighted by atomic mass is 10.0. The van der Waals surface area contributed by atoms with Gasteiger partial charge in [0.2, 0.25) is 5.82 Å². The average Bonchev–Trinajstić information content (AvgIpc) is 3.24. The second-order valence-corrected chi connectivity index (χ2v) is 7.63. The van der Waals surface area contributed by atoms with Gasteiger partial charge in [-0.05, 0) is 35.5 Å². The predicted molar refractivity (Wildman–Crippen MR) is 105 cm³/mol. The summed E-state index contributed by atoms with van der Waals surface area (Å²) in [6.45, 7) is 2.30. The van der Waals surface area contributed by atoms with Crippen molar-refractivity contribution in [2.24, 2.45) is 0 Å². The number of methoxy groups -OCH3 is 1. The lowest BCUT2D eigenvalue weighted by molar-refractivity contribution is -0.389. The number of hydrogen-bond donors (Lipinski definition) is 1. The Morgan fingerprint density at radius 3 is 2.89 bits per heavy atom. The first-order chi connectivity index (χ1) is 13.5. The van der Waals surface area contributed by atoms with E-state index >= 15 is 0 Å². The SMILES string of the molecule is COc1ccc(CN2CCC(Nc3nc4sccn4c3[N+](=O)[O-])CC2)cc1F. The van der Waals surface area contributed by atoms with E-state index in [-0.39, 0.29) is 23.4 Å². The number of rotatable bonds is 6. The van der Waals surface area contributed by atoms with Gasteiger partial charge in [0, 0.05) is 31.1 Å². The maximum Gasteiger partial charge on any atom is 0.372 e. The van der Waals surface area contributed by atoms with Crippen molar-refractivity contribution in [3.8, 4) is 5.75 Å². The molecule has 0 saturated carbocycles. The van der Waals surface area contributed by atoms with Crippen LogP contribution in [0.15, 0.2) is 29.8 Å². The molecule has 0 aliphatic carbocycles. The van der Waals surface area contributed by atoms with Crippen molar-refractivity contribution in [3.63, 3.8) is 0 Å². The third-order valence-electron chi connectivity index (χ3n) is 4.96. The molecule has 1 aromatic carbocycles. The van der Waals surface area contributed by atoms with E-state index < -0.39 is 4.92 Å². The number of nitrogens with one attached hydrogen (secondary N) is 1. The number of ether oxygens (including phenoxy) is 1. The van der Waals surface area contributed by atoms with Crippen molar-refractivity contribution in [1.29, 1.82) is 0 Å². The van der Waals surface area contributed by atoms with Crippen molar-refractivity contribution >= 4 is 27.9 Å². The highest BCUT2D eigenvalue weighted by Gasteiger charge is 2.27. The number of piperidine rings is 1. The van der Waals surface area contributed by atoms with Crippen LogP contribution in [0, 0.1) is 15.9 Å². The van der Waals surface area contributed by atoms with Crippen LogP contribution in [0.3, 0.4) is 0 Å². The molecule has 28 heavy (non-hydrogen) atoms. The Kier molecular flexibility index (Phi) is 5.14. The molecule has 0 spiro atoms. The number of benzene rings is 1. The summed E-state index contributed by atoms with van der Waals surface area (Å²) in [6.07, 6.45) is 3.33. The Labute approximate surface area is 164 Å². The first-order valence-electron chi connectivity index (χ1n) is 8.96. The van der Waals surface area contributed by atoms with E-state index in [2.05, 4.69) is 15.2 Å². The Morgan fingerprint density at radius 2 is 2.21 bits per heavy atom. The molecule has 1 aliphatic heterocycles. The molecule has 0 unspecified atom stereocenters. The molecule has 0 bridgehead atoms. The highest BCUT2D eigenvalue weighted by atomic mass is 32.1. The molecule has 1 aliphatic rings. The summed E-state index contributed by atoms with van der Waals surface area (Å²) in [6, 6.07) is 5.13. The fourth-order valence-electron chi connectivity index (χ4n) is 3.54. The number of likely N-dealkylation sites (tertiary alicyclic amines) is 1. The summed E-state index contributed by atoms with van der Waals surface area (Å²) in [5.41, 5.74) is 0.898. The number of fused-ring (bicyclic) bond motifs is 1. The van der Waals surface area contributed by atoms with E-state index in [9.17, 15) is 14.5 Å². The lowest BCUT2D eigenvalue weighted by Crippen LogP contribution is -2.38. The molecule has 8 nitrogen and oxygen atoms in total. The number of anilines is 1. The van der Waals surface area contributed by atoms with E-state index in [4.69, 9.17) is 4.74 Å². The molecular weight excluding hydrogens is 385 g/mol. The average molecular weight is 405 g/mol. The van der Waals surface area contributed by atoms with Crippen LogP contribution in [0.1, 0.15) is 18.4 Å². The maximum atomic E-state index is 13.9. The second-order valence-electron chi connectivity index (χ2n) is 6.76. The van der Waals surface area contributed by atoms with Gasteiger partial charge in [0.25, 0.3) is 4.96 Å². The van der Waals surface area contributed by atoms with Gasteiger partial charge in [-0.3, -0.25) is 4.90 Å². The minimum Gasteiger partial charge on any atom is -0.494 e. The highest BCUT2D eigenvalue weighted by Crippen LogP contribution is 2.30. The van der Waals surface area contributed by atoms with Gasteiger partial charge in [-0.25, -0.2) is 4.39 Å². The maximum absolute atomic E-state index is 13.9. The number of hydrogen-bond acceptors (Lipinski definition) is 7. The van der Waals surface area contributed by atoms with Crippen molar-refractivity contribution in [2.75, 3.05) is 25.5 Å². The highest BCUT2D eigenvalue weighted by molar-refractivity contribution is 7.15. The third kappa shape index (κ3) is 3.65. The summed E-state index contributed by atoms with van der Waals surface area (Å²) in [4.78, 5) is 18.2. The first-order valence-corrected chi connectivity index (χ1v) is 9.84. The molecule has 148 valence electrons. The lowest BCUT2D eigenvalue weighted by Gasteiger charge is -2.32. The number of thiazole rings is 1. The van der Waals surface area contributed by atoms with Crippen LogP contribution >= 0.6 is 11.3 Å². The van der Waals surface area contributed by atoms with Crippen LogP contribution in [0.4, 0.5) is 16.0 Å². The van der Waals surface area contributed by atoms with E-state index in [1.165, 1.54) is 28.9 Å². The van der Waals surface area contributed by atoms with Gasteiger partial charge in [-0.1, -0.05) is 17.4 Å². The summed E-state index contributed by atoms with van der Waals surface area (Å²) in [7, 11) is 1.45. The number of imidazole rings is 1. The molecule has 2 aromatic heterocycles. The fraction of sp³-hybridized carbons (Fsp3) is 0.389. The normalized spacial score (nSPS) is 15.8. The standard InChI is InChI=1S/C18H20FN5O3S/c1-27-15-3-2-12(10-14(15)19)11-22-6-4-13(5-7-22)20-16-17(24(25)26)23-8-9-28-18(23)21-16/h2-3,8-10,13,20H,4-7,11H2,1H3. The summed E-state index contributed by atoms with van der Waals surface area (Å²) in [5, 5.41) is 16.4. The van der Waals surface area contributed by atoms with Crippen LogP contribution in [0.25, 0.3) is 4.96 Å². The van der Waals surface area contributed by atoms with Crippen molar-refractivity contribution in [3.05, 3.63) is 51.3 Å². The van der Waals surface area contributed by atoms with Crippen LogP contribution in [0.5, 0.6) is 5.75 Å². The van der Waals surface area contributed by atoms with E-state index in [0.29, 0.717) is 17.3 Å². The summed E-state index contributed by atoms with van der Waals surface area (Å²) < 4.78 is 20.3. The van der Waals surface area contributed by atoms with Crippen molar-refractivity contribution < 1.29 is 14.1 Å². The third-order valence-corrected chi connectivity index (χ3v) is 5.72. The fourth-order valence-corrected chi connectivity index (χ4v) is 4.25. The molecule has 0 atom stereocenters. The number of nitrogens with zero attached hydrogens (tertiary/aromatic N) is 4.